The SMILES string of the molecule is CCC1CCCC1N(C)CCCN. The van der Waals surface area contributed by atoms with E-state index in [1.54, 1.807) is 0 Å². The van der Waals surface area contributed by atoms with Crippen molar-refractivity contribution in [3.63, 3.8) is 0 Å². The van der Waals surface area contributed by atoms with Crippen LogP contribution in [0.4, 0.5) is 0 Å². The summed E-state index contributed by atoms with van der Waals surface area (Å²) in [6, 6.07) is 0.844. The predicted molar refractivity (Wildman–Crippen MR) is 57.7 cm³/mol. The van der Waals surface area contributed by atoms with Crippen LogP contribution in [0.15, 0.2) is 0 Å². The van der Waals surface area contributed by atoms with E-state index >= 15 is 0 Å². The summed E-state index contributed by atoms with van der Waals surface area (Å²) in [5.74, 6) is 0.947. The van der Waals surface area contributed by atoms with Gasteiger partial charge in [0.05, 0.1) is 0 Å². The van der Waals surface area contributed by atoms with E-state index in [0.717, 1.165) is 24.9 Å². The van der Waals surface area contributed by atoms with Gasteiger partial charge in [-0.1, -0.05) is 19.8 Å². The molecule has 0 aromatic rings. The highest BCUT2D eigenvalue weighted by molar-refractivity contribution is 4.83. The lowest BCUT2D eigenvalue weighted by Crippen LogP contribution is -2.35. The molecule has 1 fully saturated rings. The van der Waals surface area contributed by atoms with E-state index in [0.29, 0.717) is 0 Å². The smallest absolute Gasteiger partial charge is 0.0120 e. The first-order chi connectivity index (χ1) is 6.29. The summed E-state index contributed by atoms with van der Waals surface area (Å²) in [4.78, 5) is 2.52. The maximum atomic E-state index is 5.52. The molecule has 0 heterocycles. The summed E-state index contributed by atoms with van der Waals surface area (Å²) in [5.41, 5.74) is 5.52. The van der Waals surface area contributed by atoms with E-state index in [9.17, 15) is 0 Å². The molecule has 0 amide bonds. The minimum absolute atomic E-state index is 0.827. The van der Waals surface area contributed by atoms with Crippen molar-refractivity contribution in [2.75, 3.05) is 20.1 Å². The third-order valence-electron chi connectivity index (χ3n) is 3.42. The van der Waals surface area contributed by atoms with Crippen LogP contribution in [0.1, 0.15) is 39.0 Å². The second-order valence-electron chi connectivity index (χ2n) is 4.29. The molecule has 2 unspecified atom stereocenters. The second kappa shape index (κ2) is 5.61. The van der Waals surface area contributed by atoms with Gasteiger partial charge in [0.25, 0.3) is 0 Å². The molecule has 2 nitrogen and oxygen atoms in total. The zero-order chi connectivity index (χ0) is 9.68. The van der Waals surface area contributed by atoms with Crippen LogP contribution in [0.3, 0.4) is 0 Å². The molecule has 0 saturated heterocycles. The van der Waals surface area contributed by atoms with E-state index in [1.165, 1.54) is 32.2 Å². The number of hydrogen-bond donors (Lipinski definition) is 1. The van der Waals surface area contributed by atoms with Crippen molar-refractivity contribution in [2.45, 2.75) is 45.1 Å². The zero-order valence-electron chi connectivity index (χ0n) is 9.13. The maximum Gasteiger partial charge on any atom is 0.0120 e. The molecule has 1 saturated carbocycles. The molecule has 1 aliphatic rings. The summed E-state index contributed by atoms with van der Waals surface area (Å²) in [5, 5.41) is 0. The molecule has 1 rings (SSSR count). The summed E-state index contributed by atoms with van der Waals surface area (Å²) < 4.78 is 0. The number of nitrogens with zero attached hydrogens (tertiary/aromatic N) is 1. The van der Waals surface area contributed by atoms with Crippen molar-refractivity contribution in [3.05, 3.63) is 0 Å². The van der Waals surface area contributed by atoms with E-state index in [1.807, 2.05) is 0 Å². The molecule has 13 heavy (non-hydrogen) atoms. The molecule has 78 valence electrons. The van der Waals surface area contributed by atoms with Gasteiger partial charge in [0.2, 0.25) is 0 Å². The molecular formula is C11H24N2. The highest BCUT2D eigenvalue weighted by Crippen LogP contribution is 2.31. The van der Waals surface area contributed by atoms with Crippen LogP contribution in [-0.2, 0) is 0 Å². The first-order valence-corrected chi connectivity index (χ1v) is 5.70. The van der Waals surface area contributed by atoms with Gasteiger partial charge < -0.3 is 10.6 Å². The van der Waals surface area contributed by atoms with Crippen LogP contribution in [0.5, 0.6) is 0 Å². The first kappa shape index (κ1) is 11.0. The number of hydrogen-bond acceptors (Lipinski definition) is 2. The van der Waals surface area contributed by atoms with Gasteiger partial charge in [-0.15, -0.1) is 0 Å². The fraction of sp³-hybridized carbons (Fsp3) is 1.00. The van der Waals surface area contributed by atoms with Crippen LogP contribution < -0.4 is 5.73 Å². The van der Waals surface area contributed by atoms with E-state index in [-0.39, 0.29) is 0 Å². The molecule has 0 aliphatic heterocycles. The van der Waals surface area contributed by atoms with Crippen molar-refractivity contribution in [1.82, 2.24) is 4.90 Å². The Kier molecular flexibility index (Phi) is 4.74. The summed E-state index contributed by atoms with van der Waals surface area (Å²) >= 11 is 0. The lowest BCUT2D eigenvalue weighted by Gasteiger charge is -2.29. The third kappa shape index (κ3) is 2.96. The molecule has 0 spiro atoms. The molecule has 2 atom stereocenters. The minimum atomic E-state index is 0.827. The first-order valence-electron chi connectivity index (χ1n) is 5.70. The van der Waals surface area contributed by atoms with Crippen molar-refractivity contribution in [1.29, 1.82) is 0 Å². The molecule has 2 heteroatoms. The van der Waals surface area contributed by atoms with Crippen LogP contribution in [-0.4, -0.2) is 31.1 Å². The summed E-state index contributed by atoms with van der Waals surface area (Å²) in [6.07, 6.45) is 6.75. The van der Waals surface area contributed by atoms with Gasteiger partial charge in [0.15, 0.2) is 0 Å². The van der Waals surface area contributed by atoms with Crippen molar-refractivity contribution < 1.29 is 0 Å². The Hall–Kier alpha value is -0.0800. The Labute approximate surface area is 82.5 Å². The van der Waals surface area contributed by atoms with Crippen molar-refractivity contribution in [2.24, 2.45) is 11.7 Å². The molecule has 0 radical (unpaired) electrons. The lowest BCUT2D eigenvalue weighted by atomic mass is 9.99. The molecule has 2 N–H and O–H groups in total. The Morgan fingerprint density at radius 3 is 2.77 bits per heavy atom. The summed E-state index contributed by atoms with van der Waals surface area (Å²) in [6.45, 7) is 4.32. The van der Waals surface area contributed by atoms with Gasteiger partial charge in [0.1, 0.15) is 0 Å². The molecule has 0 aromatic heterocycles. The fourth-order valence-corrected chi connectivity index (χ4v) is 2.58. The molecular weight excluding hydrogens is 160 g/mol. The van der Waals surface area contributed by atoms with Gasteiger partial charge in [0, 0.05) is 6.04 Å². The van der Waals surface area contributed by atoms with Crippen LogP contribution in [0.2, 0.25) is 0 Å². The minimum Gasteiger partial charge on any atom is -0.330 e. The van der Waals surface area contributed by atoms with Gasteiger partial charge in [-0.2, -0.15) is 0 Å². The maximum absolute atomic E-state index is 5.52. The normalized spacial score (nSPS) is 28.6. The third-order valence-corrected chi connectivity index (χ3v) is 3.42. The Morgan fingerprint density at radius 2 is 2.15 bits per heavy atom. The Morgan fingerprint density at radius 1 is 1.38 bits per heavy atom. The highest BCUT2D eigenvalue weighted by Gasteiger charge is 2.28. The fourth-order valence-electron chi connectivity index (χ4n) is 2.58. The van der Waals surface area contributed by atoms with Crippen LogP contribution in [0, 0.1) is 5.92 Å². The molecule has 1 aliphatic carbocycles. The average molecular weight is 184 g/mol. The zero-order valence-corrected chi connectivity index (χ0v) is 9.13. The highest BCUT2D eigenvalue weighted by atomic mass is 15.1. The average Bonchev–Trinajstić information content (AvgIpc) is 2.61. The van der Waals surface area contributed by atoms with Crippen molar-refractivity contribution in [3.8, 4) is 0 Å². The van der Waals surface area contributed by atoms with Crippen molar-refractivity contribution >= 4 is 0 Å². The molecule has 0 aromatic carbocycles. The quantitative estimate of drug-likeness (QED) is 0.706. The Bertz CT molecular complexity index is 136. The second-order valence-corrected chi connectivity index (χ2v) is 4.29. The summed E-state index contributed by atoms with van der Waals surface area (Å²) in [7, 11) is 2.26. The van der Waals surface area contributed by atoms with E-state index in [4.69, 9.17) is 5.73 Å². The van der Waals surface area contributed by atoms with Crippen LogP contribution >= 0.6 is 0 Å². The lowest BCUT2D eigenvalue weighted by molar-refractivity contribution is 0.193. The van der Waals surface area contributed by atoms with Crippen LogP contribution in [0.25, 0.3) is 0 Å². The van der Waals surface area contributed by atoms with E-state index < -0.39 is 0 Å². The van der Waals surface area contributed by atoms with Gasteiger partial charge in [-0.3, -0.25) is 0 Å². The Balaban J connectivity index is 2.31. The topological polar surface area (TPSA) is 29.3 Å². The van der Waals surface area contributed by atoms with Gasteiger partial charge in [-0.25, -0.2) is 0 Å². The van der Waals surface area contributed by atoms with Gasteiger partial charge in [-0.05, 0) is 45.3 Å². The number of rotatable bonds is 5. The predicted octanol–water partition coefficient (Wildman–Crippen LogP) is 1.85. The van der Waals surface area contributed by atoms with E-state index in [2.05, 4.69) is 18.9 Å². The monoisotopic (exact) mass is 184 g/mol. The largest absolute Gasteiger partial charge is 0.330 e. The standard InChI is InChI=1S/C11H24N2/c1-3-10-6-4-7-11(10)13(2)9-5-8-12/h10-11H,3-9,12H2,1-2H3. The number of nitrogens with two attached hydrogens (primary N) is 1. The van der Waals surface area contributed by atoms with Gasteiger partial charge >= 0.3 is 0 Å². The molecule has 0 bridgehead atoms.